The zero-order valence-electron chi connectivity index (χ0n) is 10.5. The van der Waals surface area contributed by atoms with Crippen LogP contribution in [0.1, 0.15) is 33.6 Å². The highest BCUT2D eigenvalue weighted by Crippen LogP contribution is 2.16. The van der Waals surface area contributed by atoms with Crippen LogP contribution < -0.4 is 5.32 Å². The van der Waals surface area contributed by atoms with E-state index in [1.165, 1.54) is 44.0 Å². The summed E-state index contributed by atoms with van der Waals surface area (Å²) >= 11 is 2.10. The van der Waals surface area contributed by atoms with Gasteiger partial charge in [-0.05, 0) is 32.9 Å². The first-order valence-corrected chi connectivity index (χ1v) is 7.41. The van der Waals surface area contributed by atoms with Crippen molar-refractivity contribution in [1.82, 2.24) is 10.2 Å². The number of hydrogen-bond donors (Lipinski definition) is 1. The first kappa shape index (κ1) is 13.3. The van der Waals surface area contributed by atoms with E-state index in [0.29, 0.717) is 6.04 Å². The van der Waals surface area contributed by atoms with Crippen LogP contribution in [0, 0.1) is 0 Å². The minimum absolute atomic E-state index is 0.635. The quantitative estimate of drug-likeness (QED) is 0.704. The van der Waals surface area contributed by atoms with Crippen LogP contribution in [0.5, 0.6) is 0 Å². The Morgan fingerprint density at radius 3 is 2.87 bits per heavy atom. The number of nitrogens with one attached hydrogen (secondary N) is 1. The van der Waals surface area contributed by atoms with Crippen molar-refractivity contribution >= 4 is 11.8 Å². The minimum atomic E-state index is 0.635. The zero-order valence-corrected chi connectivity index (χ0v) is 11.3. The van der Waals surface area contributed by atoms with Gasteiger partial charge in [0.05, 0.1) is 0 Å². The fraction of sp³-hybridized carbons (Fsp3) is 1.00. The van der Waals surface area contributed by atoms with E-state index >= 15 is 0 Å². The average Bonchev–Trinajstić information content (AvgIpc) is 2.20. The van der Waals surface area contributed by atoms with E-state index in [1.54, 1.807) is 0 Å². The molecule has 15 heavy (non-hydrogen) atoms. The van der Waals surface area contributed by atoms with Crippen molar-refractivity contribution in [2.24, 2.45) is 0 Å². The molecule has 0 saturated carbocycles. The number of rotatable bonds is 6. The van der Waals surface area contributed by atoms with Gasteiger partial charge in [-0.2, -0.15) is 11.8 Å². The van der Waals surface area contributed by atoms with Crippen LogP contribution in [0.2, 0.25) is 0 Å². The molecule has 1 unspecified atom stereocenters. The van der Waals surface area contributed by atoms with E-state index < -0.39 is 0 Å². The molecule has 90 valence electrons. The Kier molecular flexibility index (Phi) is 6.69. The molecule has 1 aliphatic heterocycles. The van der Waals surface area contributed by atoms with Gasteiger partial charge in [-0.3, -0.25) is 4.90 Å². The van der Waals surface area contributed by atoms with Crippen LogP contribution in [0.4, 0.5) is 0 Å². The summed E-state index contributed by atoms with van der Waals surface area (Å²) in [6, 6.07) is 1.43. The summed E-state index contributed by atoms with van der Waals surface area (Å²) in [5, 5.41) is 3.47. The van der Waals surface area contributed by atoms with Crippen LogP contribution in [0.3, 0.4) is 0 Å². The summed E-state index contributed by atoms with van der Waals surface area (Å²) < 4.78 is 0. The predicted molar refractivity (Wildman–Crippen MR) is 70.7 cm³/mol. The van der Waals surface area contributed by atoms with E-state index in [9.17, 15) is 0 Å². The van der Waals surface area contributed by atoms with Gasteiger partial charge in [-0.1, -0.05) is 13.8 Å². The van der Waals surface area contributed by atoms with Gasteiger partial charge in [0.1, 0.15) is 0 Å². The Labute approximate surface area is 99.2 Å². The molecule has 0 aromatic heterocycles. The second kappa shape index (κ2) is 7.53. The van der Waals surface area contributed by atoms with Gasteiger partial charge in [0, 0.05) is 30.1 Å². The summed E-state index contributed by atoms with van der Waals surface area (Å²) in [4.78, 5) is 2.64. The Morgan fingerprint density at radius 2 is 2.20 bits per heavy atom. The van der Waals surface area contributed by atoms with Gasteiger partial charge in [-0.25, -0.2) is 0 Å². The van der Waals surface area contributed by atoms with Crippen LogP contribution >= 0.6 is 11.8 Å². The molecule has 3 heteroatoms. The lowest BCUT2D eigenvalue weighted by atomic mass is 10.2. The topological polar surface area (TPSA) is 15.3 Å². The van der Waals surface area contributed by atoms with Gasteiger partial charge < -0.3 is 5.32 Å². The second-order valence-electron chi connectivity index (χ2n) is 4.78. The molecule has 0 aliphatic carbocycles. The Balaban J connectivity index is 1.99. The number of thioether (sulfide) groups is 1. The molecule has 1 atom stereocenters. The van der Waals surface area contributed by atoms with Gasteiger partial charge in [0.25, 0.3) is 0 Å². The van der Waals surface area contributed by atoms with E-state index in [0.717, 1.165) is 6.04 Å². The molecule has 0 amide bonds. The highest BCUT2D eigenvalue weighted by atomic mass is 32.2. The van der Waals surface area contributed by atoms with Crippen LogP contribution in [0.15, 0.2) is 0 Å². The molecule has 0 bridgehead atoms. The Morgan fingerprint density at radius 1 is 1.40 bits per heavy atom. The first-order chi connectivity index (χ1) is 7.20. The van der Waals surface area contributed by atoms with Crippen molar-refractivity contribution in [3.8, 4) is 0 Å². The molecule has 1 aliphatic rings. The highest BCUT2D eigenvalue weighted by molar-refractivity contribution is 7.99. The van der Waals surface area contributed by atoms with E-state index in [1.807, 2.05) is 0 Å². The molecular weight excluding hydrogens is 204 g/mol. The fourth-order valence-electron chi connectivity index (χ4n) is 1.92. The number of nitrogens with zero attached hydrogens (tertiary/aromatic N) is 1. The fourth-order valence-corrected chi connectivity index (χ4v) is 3.01. The minimum Gasteiger partial charge on any atom is -0.315 e. The van der Waals surface area contributed by atoms with Gasteiger partial charge in [-0.15, -0.1) is 0 Å². The predicted octanol–water partition coefficient (Wildman–Crippen LogP) is 2.20. The molecule has 1 rings (SSSR count). The van der Waals surface area contributed by atoms with Gasteiger partial charge in [0.15, 0.2) is 0 Å². The summed E-state index contributed by atoms with van der Waals surface area (Å²) in [6.45, 7) is 10.5. The molecular formula is C12H26N2S. The lowest BCUT2D eigenvalue weighted by molar-refractivity contribution is 0.227. The Hall–Kier alpha value is 0.270. The van der Waals surface area contributed by atoms with E-state index in [-0.39, 0.29) is 0 Å². The third-order valence-electron chi connectivity index (χ3n) is 2.93. The van der Waals surface area contributed by atoms with Crippen molar-refractivity contribution in [2.45, 2.75) is 45.7 Å². The maximum absolute atomic E-state index is 3.47. The van der Waals surface area contributed by atoms with Crippen molar-refractivity contribution in [1.29, 1.82) is 0 Å². The normalized spacial score (nSPS) is 23.6. The van der Waals surface area contributed by atoms with Crippen molar-refractivity contribution in [3.63, 3.8) is 0 Å². The number of unbranched alkanes of at least 4 members (excludes halogenated alkanes) is 1. The second-order valence-corrected chi connectivity index (χ2v) is 5.93. The molecule has 0 aromatic carbocycles. The molecule has 1 heterocycles. The molecule has 2 nitrogen and oxygen atoms in total. The van der Waals surface area contributed by atoms with Crippen LogP contribution in [-0.2, 0) is 0 Å². The SMILES string of the molecule is CC(C)NCCCCN1CCSCC1C. The van der Waals surface area contributed by atoms with E-state index in [4.69, 9.17) is 0 Å². The largest absolute Gasteiger partial charge is 0.315 e. The van der Waals surface area contributed by atoms with E-state index in [2.05, 4.69) is 42.7 Å². The van der Waals surface area contributed by atoms with Crippen LogP contribution in [-0.4, -0.2) is 48.1 Å². The van der Waals surface area contributed by atoms with Gasteiger partial charge in [0.2, 0.25) is 0 Å². The standard InChI is InChI=1S/C12H26N2S/c1-11(2)13-6-4-5-7-14-8-9-15-10-12(14)3/h11-13H,4-10H2,1-3H3. The summed E-state index contributed by atoms with van der Waals surface area (Å²) in [5.74, 6) is 2.65. The average molecular weight is 230 g/mol. The maximum atomic E-state index is 3.47. The molecule has 0 radical (unpaired) electrons. The molecule has 1 saturated heterocycles. The number of hydrogen-bond acceptors (Lipinski definition) is 3. The summed E-state index contributed by atoms with van der Waals surface area (Å²) in [7, 11) is 0. The molecule has 0 spiro atoms. The van der Waals surface area contributed by atoms with Crippen LogP contribution in [0.25, 0.3) is 0 Å². The lowest BCUT2D eigenvalue weighted by Gasteiger charge is -2.32. The Bertz CT molecular complexity index is 162. The van der Waals surface area contributed by atoms with Gasteiger partial charge >= 0.3 is 0 Å². The first-order valence-electron chi connectivity index (χ1n) is 6.25. The lowest BCUT2D eigenvalue weighted by Crippen LogP contribution is -2.41. The third-order valence-corrected chi connectivity index (χ3v) is 4.12. The molecule has 0 aromatic rings. The molecule has 1 fully saturated rings. The smallest absolute Gasteiger partial charge is 0.0158 e. The van der Waals surface area contributed by atoms with Crippen molar-refractivity contribution in [2.75, 3.05) is 31.1 Å². The zero-order chi connectivity index (χ0) is 11.1. The van der Waals surface area contributed by atoms with Crippen molar-refractivity contribution < 1.29 is 0 Å². The summed E-state index contributed by atoms with van der Waals surface area (Å²) in [6.07, 6.45) is 2.66. The van der Waals surface area contributed by atoms with Crippen molar-refractivity contribution in [3.05, 3.63) is 0 Å². The molecule has 1 N–H and O–H groups in total. The third kappa shape index (κ3) is 5.79. The monoisotopic (exact) mass is 230 g/mol. The summed E-state index contributed by atoms with van der Waals surface area (Å²) in [5.41, 5.74) is 0. The maximum Gasteiger partial charge on any atom is 0.0158 e. The highest BCUT2D eigenvalue weighted by Gasteiger charge is 2.17.